The van der Waals surface area contributed by atoms with Crippen molar-refractivity contribution in [2.24, 2.45) is 0 Å². The summed E-state index contributed by atoms with van der Waals surface area (Å²) in [6, 6.07) is 12.5. The molecule has 0 spiro atoms. The molecule has 100 valence electrons. The van der Waals surface area contributed by atoms with Crippen molar-refractivity contribution in [3.8, 4) is 10.7 Å². The van der Waals surface area contributed by atoms with Crippen LogP contribution in [-0.2, 0) is 6.42 Å². The van der Waals surface area contributed by atoms with Crippen molar-refractivity contribution >= 4 is 11.3 Å². The number of aromatic nitrogens is 2. The lowest BCUT2D eigenvalue weighted by molar-refractivity contribution is 1.10. The van der Waals surface area contributed by atoms with E-state index in [0.29, 0.717) is 0 Å². The molecule has 3 rings (SSSR count). The van der Waals surface area contributed by atoms with Crippen LogP contribution in [0.25, 0.3) is 10.7 Å². The lowest BCUT2D eigenvalue weighted by Gasteiger charge is -2.06. The van der Waals surface area contributed by atoms with Crippen molar-refractivity contribution in [2.45, 2.75) is 20.3 Å². The molecular weight excluding hydrogens is 264 g/mol. The number of hydrogen-bond donors (Lipinski definition) is 0. The Hall–Kier alpha value is -2.00. The number of thiophene rings is 1. The number of nitrogens with zero attached hydrogens (tertiary/aromatic N) is 2. The van der Waals surface area contributed by atoms with Gasteiger partial charge in [0.1, 0.15) is 0 Å². The summed E-state index contributed by atoms with van der Waals surface area (Å²) in [7, 11) is 0. The van der Waals surface area contributed by atoms with Gasteiger partial charge in [0, 0.05) is 11.9 Å². The van der Waals surface area contributed by atoms with Crippen molar-refractivity contribution in [2.75, 3.05) is 0 Å². The largest absolute Gasteiger partial charge is 0.236 e. The first-order valence-electron chi connectivity index (χ1n) is 6.65. The van der Waals surface area contributed by atoms with Gasteiger partial charge in [-0.3, -0.25) is 0 Å². The third-order valence-corrected chi connectivity index (χ3v) is 4.46. The second-order valence-corrected chi connectivity index (χ2v) is 5.79. The standard InChI is InChI=1S/C17H16N2S/c1-12-11-20-16(17-18-9-8-13(2)19-17)15(12)10-14-6-4-3-5-7-14/h3-9,11H,10H2,1-2H3. The van der Waals surface area contributed by atoms with Crippen LogP contribution in [-0.4, -0.2) is 9.97 Å². The second-order valence-electron chi connectivity index (χ2n) is 4.91. The first-order valence-corrected chi connectivity index (χ1v) is 7.53. The Labute approximate surface area is 123 Å². The van der Waals surface area contributed by atoms with Gasteiger partial charge < -0.3 is 0 Å². The molecule has 2 heterocycles. The van der Waals surface area contributed by atoms with E-state index in [1.165, 1.54) is 21.6 Å². The van der Waals surface area contributed by atoms with E-state index in [1.54, 1.807) is 11.3 Å². The molecule has 0 saturated carbocycles. The fourth-order valence-corrected chi connectivity index (χ4v) is 3.25. The van der Waals surface area contributed by atoms with Crippen molar-refractivity contribution in [1.29, 1.82) is 0 Å². The van der Waals surface area contributed by atoms with Gasteiger partial charge >= 0.3 is 0 Å². The Morgan fingerprint density at radius 1 is 1.05 bits per heavy atom. The summed E-state index contributed by atoms with van der Waals surface area (Å²) < 4.78 is 0. The Bertz CT molecular complexity index is 717. The Morgan fingerprint density at radius 2 is 1.85 bits per heavy atom. The molecule has 2 nitrogen and oxygen atoms in total. The highest BCUT2D eigenvalue weighted by atomic mass is 32.1. The van der Waals surface area contributed by atoms with Crippen molar-refractivity contribution in [3.63, 3.8) is 0 Å². The second kappa shape index (κ2) is 5.55. The maximum atomic E-state index is 4.56. The number of benzene rings is 1. The first kappa shape index (κ1) is 13.0. The molecular formula is C17H16N2S. The summed E-state index contributed by atoms with van der Waals surface area (Å²) in [4.78, 5) is 10.2. The van der Waals surface area contributed by atoms with Gasteiger partial charge in [0.05, 0.1) is 4.88 Å². The molecule has 0 aliphatic heterocycles. The van der Waals surface area contributed by atoms with Crippen LogP contribution in [0, 0.1) is 13.8 Å². The predicted molar refractivity (Wildman–Crippen MR) is 84.1 cm³/mol. The summed E-state index contributed by atoms with van der Waals surface area (Å²) in [5.74, 6) is 0.842. The molecule has 0 bridgehead atoms. The van der Waals surface area contributed by atoms with Crippen LogP contribution in [0.15, 0.2) is 48.0 Å². The minimum Gasteiger partial charge on any atom is -0.236 e. The van der Waals surface area contributed by atoms with E-state index in [1.807, 2.05) is 19.2 Å². The average molecular weight is 280 g/mol. The molecule has 0 amide bonds. The minimum absolute atomic E-state index is 0.842. The van der Waals surface area contributed by atoms with E-state index in [0.717, 1.165) is 17.9 Å². The van der Waals surface area contributed by atoms with Gasteiger partial charge in [0.15, 0.2) is 5.82 Å². The molecule has 3 aromatic rings. The molecule has 1 aromatic carbocycles. The average Bonchev–Trinajstić information content (AvgIpc) is 2.82. The summed E-state index contributed by atoms with van der Waals surface area (Å²) in [5.41, 5.74) is 4.99. The number of rotatable bonds is 3. The summed E-state index contributed by atoms with van der Waals surface area (Å²) >= 11 is 1.73. The van der Waals surface area contributed by atoms with Gasteiger partial charge in [-0.2, -0.15) is 0 Å². The zero-order chi connectivity index (χ0) is 13.9. The molecule has 20 heavy (non-hydrogen) atoms. The molecule has 0 fully saturated rings. The van der Waals surface area contributed by atoms with Crippen LogP contribution in [0.4, 0.5) is 0 Å². The van der Waals surface area contributed by atoms with Crippen LogP contribution >= 0.6 is 11.3 Å². The minimum atomic E-state index is 0.842. The van der Waals surface area contributed by atoms with Crippen LogP contribution in [0.5, 0.6) is 0 Å². The molecule has 2 aromatic heterocycles. The molecule has 0 aliphatic rings. The third kappa shape index (κ3) is 2.63. The predicted octanol–water partition coefficient (Wildman–Crippen LogP) is 4.41. The molecule has 0 aliphatic carbocycles. The fourth-order valence-electron chi connectivity index (χ4n) is 2.23. The molecule has 0 unspecified atom stereocenters. The first-order chi connectivity index (χ1) is 9.74. The molecule has 0 saturated heterocycles. The normalized spacial score (nSPS) is 10.7. The van der Waals surface area contributed by atoms with Gasteiger partial charge in [-0.05, 0) is 48.4 Å². The van der Waals surface area contributed by atoms with E-state index in [2.05, 4.69) is 52.6 Å². The summed E-state index contributed by atoms with van der Waals surface area (Å²) in [5, 5.41) is 2.19. The zero-order valence-corrected chi connectivity index (χ0v) is 12.4. The smallest absolute Gasteiger partial charge is 0.169 e. The number of hydrogen-bond acceptors (Lipinski definition) is 3. The van der Waals surface area contributed by atoms with Gasteiger partial charge in [-0.25, -0.2) is 9.97 Å². The zero-order valence-electron chi connectivity index (χ0n) is 11.6. The maximum Gasteiger partial charge on any atom is 0.169 e. The summed E-state index contributed by atoms with van der Waals surface area (Å²) in [6.45, 7) is 4.16. The van der Waals surface area contributed by atoms with Gasteiger partial charge in [-0.1, -0.05) is 30.3 Å². The van der Waals surface area contributed by atoms with E-state index in [9.17, 15) is 0 Å². The van der Waals surface area contributed by atoms with Crippen molar-refractivity contribution < 1.29 is 0 Å². The quantitative estimate of drug-likeness (QED) is 0.710. The lowest BCUT2D eigenvalue weighted by atomic mass is 10.0. The van der Waals surface area contributed by atoms with Crippen LogP contribution < -0.4 is 0 Å². The van der Waals surface area contributed by atoms with Crippen molar-refractivity contribution in [1.82, 2.24) is 9.97 Å². The van der Waals surface area contributed by atoms with E-state index in [4.69, 9.17) is 0 Å². The Kier molecular flexibility index (Phi) is 3.61. The Balaban J connectivity index is 2.02. The SMILES string of the molecule is Cc1ccnc(-c2scc(C)c2Cc2ccccc2)n1. The van der Waals surface area contributed by atoms with Crippen LogP contribution in [0.1, 0.15) is 22.4 Å². The van der Waals surface area contributed by atoms with Crippen molar-refractivity contribution in [3.05, 3.63) is 70.4 Å². The lowest BCUT2D eigenvalue weighted by Crippen LogP contribution is -1.94. The topological polar surface area (TPSA) is 25.8 Å². The molecule has 0 atom stereocenters. The summed E-state index contributed by atoms with van der Waals surface area (Å²) in [6.07, 6.45) is 2.77. The third-order valence-electron chi connectivity index (χ3n) is 3.33. The highest BCUT2D eigenvalue weighted by Gasteiger charge is 2.13. The number of aryl methyl sites for hydroxylation is 2. The van der Waals surface area contributed by atoms with Crippen LogP contribution in [0.2, 0.25) is 0 Å². The Morgan fingerprint density at radius 3 is 2.60 bits per heavy atom. The maximum absolute atomic E-state index is 4.56. The molecule has 0 radical (unpaired) electrons. The van der Waals surface area contributed by atoms with Gasteiger partial charge in [-0.15, -0.1) is 11.3 Å². The van der Waals surface area contributed by atoms with E-state index < -0.39 is 0 Å². The molecule has 0 N–H and O–H groups in total. The molecule has 3 heteroatoms. The highest BCUT2D eigenvalue weighted by molar-refractivity contribution is 7.13. The van der Waals surface area contributed by atoms with Crippen LogP contribution in [0.3, 0.4) is 0 Å². The highest BCUT2D eigenvalue weighted by Crippen LogP contribution is 2.32. The monoisotopic (exact) mass is 280 g/mol. The van der Waals surface area contributed by atoms with Gasteiger partial charge in [0.25, 0.3) is 0 Å². The van der Waals surface area contributed by atoms with E-state index >= 15 is 0 Å². The van der Waals surface area contributed by atoms with E-state index in [-0.39, 0.29) is 0 Å². The van der Waals surface area contributed by atoms with Gasteiger partial charge in [0.2, 0.25) is 0 Å². The fraction of sp³-hybridized carbons (Fsp3) is 0.176.